The van der Waals surface area contributed by atoms with Gasteiger partial charge in [-0.05, 0) is 38.0 Å². The number of pyridine rings is 1. The minimum atomic E-state index is -3.79. The lowest BCUT2D eigenvalue weighted by Gasteiger charge is -2.42. The van der Waals surface area contributed by atoms with Crippen molar-refractivity contribution in [2.45, 2.75) is 49.5 Å². The Morgan fingerprint density at radius 2 is 1.97 bits per heavy atom. The van der Waals surface area contributed by atoms with E-state index in [1.807, 2.05) is 6.07 Å². The van der Waals surface area contributed by atoms with Gasteiger partial charge < -0.3 is 5.32 Å². The van der Waals surface area contributed by atoms with Gasteiger partial charge in [-0.2, -0.15) is 10.1 Å². The third-order valence-electron chi connectivity index (χ3n) is 5.97. The quantitative estimate of drug-likeness (QED) is 0.585. The molecule has 2 aliphatic rings. The van der Waals surface area contributed by atoms with Crippen LogP contribution in [-0.2, 0) is 15.6 Å². The maximum atomic E-state index is 11.4. The van der Waals surface area contributed by atoms with Crippen LogP contribution in [0.15, 0.2) is 40.6 Å². The fourth-order valence-corrected chi connectivity index (χ4v) is 4.89. The van der Waals surface area contributed by atoms with E-state index in [1.165, 1.54) is 24.8 Å². The number of nitrogens with one attached hydrogen (secondary N) is 2. The molecule has 0 unspecified atom stereocenters. The number of nitrogens with two attached hydrogens (primary N) is 1. The van der Waals surface area contributed by atoms with Crippen molar-refractivity contribution < 1.29 is 8.42 Å². The molecule has 0 bridgehead atoms. The zero-order valence-corrected chi connectivity index (χ0v) is 17.3. The summed E-state index contributed by atoms with van der Waals surface area (Å²) in [7, 11) is -3.79. The highest BCUT2D eigenvalue weighted by atomic mass is 32.2. The van der Waals surface area contributed by atoms with Gasteiger partial charge in [-0.25, -0.2) is 23.5 Å². The number of hydrogen-bond acceptors (Lipinski definition) is 8. The van der Waals surface area contributed by atoms with E-state index in [1.54, 1.807) is 6.20 Å². The van der Waals surface area contributed by atoms with Crippen molar-refractivity contribution in [3.63, 3.8) is 0 Å². The van der Waals surface area contributed by atoms with Crippen molar-refractivity contribution in [3.8, 4) is 0 Å². The van der Waals surface area contributed by atoms with Crippen molar-refractivity contribution in [1.29, 1.82) is 0 Å². The molecule has 3 aromatic rings. The van der Waals surface area contributed by atoms with Crippen molar-refractivity contribution in [1.82, 2.24) is 19.5 Å². The summed E-state index contributed by atoms with van der Waals surface area (Å²) in [5, 5.41) is 13.7. The number of rotatable bonds is 3. The average Bonchev–Trinajstić information content (AvgIpc) is 3.10. The highest BCUT2D eigenvalue weighted by Gasteiger charge is 2.41. The lowest BCUT2D eigenvalue weighted by atomic mass is 9.78. The molecule has 0 radical (unpaired) electrons. The molecular weight excluding hydrogens is 404 g/mol. The van der Waals surface area contributed by atoms with Crippen LogP contribution in [-0.4, -0.2) is 33.6 Å². The summed E-state index contributed by atoms with van der Waals surface area (Å²) in [6, 6.07) is 4.94. The minimum Gasteiger partial charge on any atom is -0.309 e. The summed E-state index contributed by atoms with van der Waals surface area (Å²) in [5.74, 6) is 1.72. The Morgan fingerprint density at radius 3 is 2.67 bits per heavy atom. The first-order valence-electron chi connectivity index (χ1n) is 9.82. The molecule has 1 aliphatic carbocycles. The highest BCUT2D eigenvalue weighted by molar-refractivity contribution is 7.89. The highest BCUT2D eigenvalue weighted by Crippen LogP contribution is 2.43. The van der Waals surface area contributed by atoms with Crippen LogP contribution in [0.4, 0.5) is 17.6 Å². The van der Waals surface area contributed by atoms with Crippen LogP contribution >= 0.6 is 0 Å². The van der Waals surface area contributed by atoms with Gasteiger partial charge >= 0.3 is 0 Å². The number of anilines is 3. The van der Waals surface area contributed by atoms with E-state index in [4.69, 9.17) is 10.1 Å². The van der Waals surface area contributed by atoms with Crippen LogP contribution in [0, 0.1) is 0 Å². The molecule has 0 amide bonds. The maximum Gasteiger partial charge on any atom is 0.239 e. The predicted molar refractivity (Wildman–Crippen MR) is 114 cm³/mol. The Bertz CT molecular complexity index is 1260. The molecule has 10 nitrogen and oxygen atoms in total. The van der Waals surface area contributed by atoms with Gasteiger partial charge in [0.25, 0.3) is 0 Å². The second-order valence-electron chi connectivity index (χ2n) is 7.79. The van der Waals surface area contributed by atoms with E-state index >= 15 is 0 Å². The van der Waals surface area contributed by atoms with Crippen LogP contribution in [0.1, 0.15) is 39.0 Å². The number of primary sulfonamides is 1. The van der Waals surface area contributed by atoms with Crippen LogP contribution in [0.2, 0.25) is 0 Å². The Kier molecular flexibility index (Phi) is 4.26. The molecule has 4 heterocycles. The largest absolute Gasteiger partial charge is 0.309 e. The third kappa shape index (κ3) is 3.01. The van der Waals surface area contributed by atoms with Crippen molar-refractivity contribution in [3.05, 3.63) is 30.6 Å². The lowest BCUT2D eigenvalue weighted by Crippen LogP contribution is -2.45. The smallest absolute Gasteiger partial charge is 0.239 e. The first kappa shape index (κ1) is 18.9. The summed E-state index contributed by atoms with van der Waals surface area (Å²) < 4.78 is 25.1. The van der Waals surface area contributed by atoms with Crippen LogP contribution in [0.3, 0.4) is 0 Å². The predicted octanol–water partition coefficient (Wildman–Crippen LogP) is 2.68. The molecule has 1 aliphatic heterocycles. The van der Waals surface area contributed by atoms with E-state index < -0.39 is 10.0 Å². The second-order valence-corrected chi connectivity index (χ2v) is 9.35. The molecular formula is C19H22N8O2S. The number of sulfonamides is 1. The Labute approximate surface area is 173 Å². The van der Waals surface area contributed by atoms with E-state index in [0.717, 1.165) is 48.2 Å². The van der Waals surface area contributed by atoms with Crippen LogP contribution in [0.5, 0.6) is 0 Å². The molecule has 0 aromatic carbocycles. The van der Waals surface area contributed by atoms with Gasteiger partial charge in [0.15, 0.2) is 0 Å². The van der Waals surface area contributed by atoms with Gasteiger partial charge in [0, 0.05) is 17.8 Å². The average molecular weight is 427 g/mol. The van der Waals surface area contributed by atoms with E-state index in [2.05, 4.69) is 37.3 Å². The van der Waals surface area contributed by atoms with Gasteiger partial charge in [-0.15, -0.1) is 0 Å². The third-order valence-corrected chi connectivity index (χ3v) is 6.86. The van der Waals surface area contributed by atoms with Crippen LogP contribution in [0.25, 0.3) is 11.0 Å². The number of hydrazone groups is 1. The van der Waals surface area contributed by atoms with E-state index in [0.29, 0.717) is 11.8 Å². The minimum absolute atomic E-state index is 0.0508. The molecule has 1 saturated carbocycles. The summed E-state index contributed by atoms with van der Waals surface area (Å²) in [6.45, 7) is 2.07. The summed E-state index contributed by atoms with van der Waals surface area (Å²) in [5.41, 5.74) is 4.88. The topological polar surface area (TPSA) is 140 Å². The molecule has 4 N–H and O–H groups in total. The first-order valence-corrected chi connectivity index (χ1v) is 11.4. The molecule has 3 aromatic heterocycles. The van der Waals surface area contributed by atoms with Crippen molar-refractivity contribution >= 4 is 44.4 Å². The molecule has 1 fully saturated rings. The number of nitrogens with zero attached hydrogens (tertiary/aromatic N) is 5. The molecule has 156 valence electrons. The van der Waals surface area contributed by atoms with Gasteiger partial charge in [-0.3, -0.25) is 9.99 Å². The first-order chi connectivity index (χ1) is 14.4. The fourth-order valence-electron chi connectivity index (χ4n) is 4.43. The Hall–Kier alpha value is -3.05. The Balaban J connectivity index is 1.54. The molecule has 0 atom stereocenters. The van der Waals surface area contributed by atoms with E-state index in [-0.39, 0.29) is 10.4 Å². The fraction of sp³-hybridized carbons (Fsp3) is 0.368. The number of hydrogen-bond donors (Lipinski definition) is 3. The lowest BCUT2D eigenvalue weighted by molar-refractivity contribution is 0.285. The van der Waals surface area contributed by atoms with Gasteiger partial charge in [0.05, 0.1) is 11.3 Å². The normalized spacial score (nSPS) is 18.0. The zero-order chi connectivity index (χ0) is 20.9. The molecule has 0 saturated heterocycles. The zero-order valence-electron chi connectivity index (χ0n) is 16.5. The molecule has 5 rings (SSSR count). The van der Waals surface area contributed by atoms with Crippen molar-refractivity contribution in [2.24, 2.45) is 10.2 Å². The standard InChI is InChI=1S/C19H22N8O2S/c1-12-19(7-3-2-4-8-19)27-16(26-25-12)9-13-10-22-18(24-17(13)27)23-15-6-5-14(11-21-15)30(20,28)29/h5-6,9-11,26H,2-4,7-8H2,1H3,(H2,20,28,29)(H,21,22,23,24). The molecule has 11 heteroatoms. The molecule has 1 spiro atoms. The van der Waals surface area contributed by atoms with Gasteiger partial charge in [0.2, 0.25) is 16.0 Å². The number of fused-ring (bicyclic) bond motifs is 4. The van der Waals surface area contributed by atoms with Crippen LogP contribution < -0.4 is 15.9 Å². The maximum absolute atomic E-state index is 11.4. The monoisotopic (exact) mass is 426 g/mol. The Morgan fingerprint density at radius 1 is 1.17 bits per heavy atom. The summed E-state index contributed by atoms with van der Waals surface area (Å²) in [6.07, 6.45) is 8.58. The number of aromatic nitrogens is 4. The SMILES string of the molecule is CC1=NNc2cc3cnc(Nc4ccc(S(N)(=O)=O)cn4)nc3n2C12CCCCC2. The van der Waals surface area contributed by atoms with E-state index in [9.17, 15) is 8.42 Å². The summed E-state index contributed by atoms with van der Waals surface area (Å²) in [4.78, 5) is 13.2. The van der Waals surface area contributed by atoms with Gasteiger partial charge in [-0.1, -0.05) is 19.3 Å². The molecule has 30 heavy (non-hydrogen) atoms. The summed E-state index contributed by atoms with van der Waals surface area (Å²) >= 11 is 0. The second kappa shape index (κ2) is 6.74. The van der Waals surface area contributed by atoms with Crippen molar-refractivity contribution in [2.75, 3.05) is 10.7 Å². The van der Waals surface area contributed by atoms with Gasteiger partial charge in [0.1, 0.15) is 22.2 Å².